The Kier molecular flexibility index (Phi) is 6.35. The van der Waals surface area contributed by atoms with Gasteiger partial charge in [0.15, 0.2) is 5.13 Å². The molecule has 0 bridgehead atoms. The Balaban J connectivity index is 1.58. The minimum absolute atomic E-state index is 0.0736. The van der Waals surface area contributed by atoms with Crippen molar-refractivity contribution in [3.63, 3.8) is 0 Å². The Bertz CT molecular complexity index is 1100. The van der Waals surface area contributed by atoms with Crippen molar-refractivity contribution in [2.24, 2.45) is 0 Å². The molecule has 1 aliphatic heterocycles. The molecule has 2 unspecified atom stereocenters. The van der Waals surface area contributed by atoms with Gasteiger partial charge in [0.25, 0.3) is 5.91 Å². The van der Waals surface area contributed by atoms with Crippen LogP contribution in [0, 0.1) is 6.92 Å². The quantitative estimate of drug-likeness (QED) is 0.469. The highest BCUT2D eigenvalue weighted by atomic mass is 32.1. The van der Waals surface area contributed by atoms with E-state index in [2.05, 4.69) is 67.6 Å². The van der Waals surface area contributed by atoms with E-state index < -0.39 is 0 Å². The van der Waals surface area contributed by atoms with Gasteiger partial charge < -0.3 is 10.1 Å². The van der Waals surface area contributed by atoms with Gasteiger partial charge in [-0.2, -0.15) is 0 Å². The highest BCUT2D eigenvalue weighted by molar-refractivity contribution is 7.13. The molecule has 32 heavy (non-hydrogen) atoms. The third-order valence-corrected chi connectivity index (χ3v) is 6.78. The van der Waals surface area contributed by atoms with E-state index in [1.165, 1.54) is 22.5 Å². The lowest BCUT2D eigenvalue weighted by Crippen LogP contribution is -2.40. The number of anilines is 1. The molecule has 6 heteroatoms. The summed E-state index contributed by atoms with van der Waals surface area (Å²) in [6.07, 6.45) is 1.85. The maximum atomic E-state index is 12.8. The maximum absolute atomic E-state index is 12.8. The smallest absolute Gasteiger partial charge is 0.257 e. The molecule has 1 aliphatic rings. The highest BCUT2D eigenvalue weighted by Crippen LogP contribution is 2.41. The zero-order valence-electron chi connectivity index (χ0n) is 19.4. The van der Waals surface area contributed by atoms with E-state index in [1.807, 2.05) is 30.5 Å². The topological polar surface area (TPSA) is 63.2 Å². The molecule has 2 heterocycles. The number of thiazole rings is 1. The van der Waals surface area contributed by atoms with Crippen molar-refractivity contribution in [1.29, 1.82) is 0 Å². The van der Waals surface area contributed by atoms with Crippen LogP contribution in [0.3, 0.4) is 0 Å². The number of ether oxygens (including phenoxy) is 1. The largest absolute Gasteiger partial charge is 0.487 e. The van der Waals surface area contributed by atoms with Crippen LogP contribution in [-0.2, 0) is 6.42 Å². The molecule has 0 saturated carbocycles. The third-order valence-electron chi connectivity index (χ3n) is 5.91. The van der Waals surface area contributed by atoms with Gasteiger partial charge in [-0.1, -0.05) is 31.2 Å². The first-order chi connectivity index (χ1) is 15.2. The van der Waals surface area contributed by atoms with Crippen LogP contribution < -0.4 is 15.4 Å². The van der Waals surface area contributed by atoms with E-state index in [4.69, 9.17) is 4.74 Å². The minimum Gasteiger partial charge on any atom is -0.487 e. The van der Waals surface area contributed by atoms with Crippen molar-refractivity contribution in [1.82, 2.24) is 10.3 Å². The monoisotopic (exact) mass is 449 g/mol. The maximum Gasteiger partial charge on any atom is 0.257 e. The minimum atomic E-state index is -0.293. The van der Waals surface area contributed by atoms with E-state index in [0.717, 1.165) is 29.8 Å². The van der Waals surface area contributed by atoms with Crippen LogP contribution in [0.25, 0.3) is 0 Å². The number of hydrogen-bond donors (Lipinski definition) is 2. The molecule has 2 atom stereocenters. The van der Waals surface area contributed by atoms with Gasteiger partial charge in [0.05, 0.1) is 5.69 Å². The molecule has 2 aromatic carbocycles. The fourth-order valence-electron chi connectivity index (χ4n) is 4.17. The molecule has 1 amide bonds. The summed E-state index contributed by atoms with van der Waals surface area (Å²) in [5.41, 5.74) is 4.82. The number of amides is 1. The molecule has 5 nitrogen and oxygen atoms in total. The molecule has 3 aromatic rings. The number of hydrogen-bond acceptors (Lipinski definition) is 5. The number of fused-ring (bicyclic) bond motifs is 1. The van der Waals surface area contributed by atoms with E-state index in [-0.39, 0.29) is 23.6 Å². The number of aromatic nitrogens is 1. The van der Waals surface area contributed by atoms with E-state index in [1.54, 1.807) is 0 Å². The predicted octanol–water partition coefficient (Wildman–Crippen LogP) is 6.22. The van der Waals surface area contributed by atoms with Gasteiger partial charge >= 0.3 is 0 Å². The van der Waals surface area contributed by atoms with Crippen LogP contribution in [0.4, 0.5) is 5.13 Å². The molecule has 0 saturated heterocycles. The summed E-state index contributed by atoms with van der Waals surface area (Å²) < 4.78 is 6.24. The summed E-state index contributed by atoms with van der Waals surface area (Å²) >= 11 is 1.43. The molecular formula is C26H31N3O2S. The number of nitrogens with one attached hydrogen (secondary N) is 2. The van der Waals surface area contributed by atoms with E-state index in [9.17, 15) is 4.79 Å². The Labute approximate surface area is 194 Å². The molecule has 0 radical (unpaired) electrons. The van der Waals surface area contributed by atoms with Crippen molar-refractivity contribution in [3.8, 4) is 5.75 Å². The van der Waals surface area contributed by atoms with Crippen LogP contribution in [0.1, 0.15) is 78.9 Å². The lowest BCUT2D eigenvalue weighted by atomic mass is 9.88. The van der Waals surface area contributed by atoms with Crippen LogP contribution in [-0.4, -0.2) is 16.5 Å². The SMILES string of the molecule is CCc1ccc(C(C)NC2CC(C)(C)Oc3ccc(C(=O)Nc4nc(C)cs4)cc32)cc1. The molecule has 168 valence electrons. The van der Waals surface area contributed by atoms with Crippen molar-refractivity contribution < 1.29 is 9.53 Å². The summed E-state index contributed by atoms with van der Waals surface area (Å²) in [4.78, 5) is 17.2. The lowest BCUT2D eigenvalue weighted by Gasteiger charge is -2.39. The Morgan fingerprint density at radius 3 is 2.66 bits per heavy atom. The van der Waals surface area contributed by atoms with Crippen LogP contribution in [0.5, 0.6) is 5.75 Å². The predicted molar refractivity (Wildman–Crippen MR) is 131 cm³/mol. The van der Waals surface area contributed by atoms with Gasteiger partial charge in [-0.05, 0) is 63.4 Å². The second kappa shape index (κ2) is 9.04. The fraction of sp³-hybridized carbons (Fsp3) is 0.385. The standard InChI is InChI=1S/C26H31N3O2S/c1-6-18-7-9-19(10-8-18)17(3)28-22-14-26(4,5)31-23-12-11-20(13-21(22)23)24(30)29-25-27-16(2)15-32-25/h7-13,15,17,22,28H,6,14H2,1-5H3,(H,27,29,30). The Hall–Kier alpha value is -2.70. The first kappa shape index (κ1) is 22.5. The zero-order valence-corrected chi connectivity index (χ0v) is 20.2. The van der Waals surface area contributed by atoms with E-state index >= 15 is 0 Å². The molecule has 0 aliphatic carbocycles. The van der Waals surface area contributed by atoms with Crippen LogP contribution >= 0.6 is 11.3 Å². The van der Waals surface area contributed by atoms with Gasteiger partial charge in [0.2, 0.25) is 0 Å². The summed E-state index contributed by atoms with van der Waals surface area (Å²) in [6.45, 7) is 10.5. The summed E-state index contributed by atoms with van der Waals surface area (Å²) in [6, 6.07) is 14.7. The number of carbonyl (C=O) groups is 1. The van der Waals surface area contributed by atoms with Gasteiger partial charge in [-0.25, -0.2) is 4.98 Å². The van der Waals surface area contributed by atoms with Crippen LogP contribution in [0.2, 0.25) is 0 Å². The number of aryl methyl sites for hydroxylation is 2. The second-order valence-corrected chi connectivity index (χ2v) is 9.96. The average molecular weight is 450 g/mol. The third kappa shape index (κ3) is 5.03. The van der Waals surface area contributed by atoms with Crippen molar-refractivity contribution in [3.05, 3.63) is 75.8 Å². The average Bonchev–Trinajstić information content (AvgIpc) is 3.17. The molecule has 0 fully saturated rings. The first-order valence-corrected chi connectivity index (χ1v) is 12.0. The molecule has 4 rings (SSSR count). The highest BCUT2D eigenvalue weighted by Gasteiger charge is 2.35. The molecule has 0 spiro atoms. The van der Waals surface area contributed by atoms with Gasteiger partial charge in [-0.3, -0.25) is 10.1 Å². The molecule has 2 N–H and O–H groups in total. The summed E-state index contributed by atoms with van der Waals surface area (Å²) in [5, 5.41) is 9.22. The number of rotatable bonds is 6. The van der Waals surface area contributed by atoms with E-state index in [0.29, 0.717) is 10.7 Å². The Morgan fingerprint density at radius 1 is 1.25 bits per heavy atom. The normalized spacial score (nSPS) is 17.8. The molecule has 1 aromatic heterocycles. The number of carbonyl (C=O) groups excluding carboxylic acids is 1. The van der Waals surface area contributed by atoms with Gasteiger partial charge in [-0.15, -0.1) is 11.3 Å². The fourth-order valence-corrected chi connectivity index (χ4v) is 4.85. The number of benzene rings is 2. The van der Waals surface area contributed by atoms with Crippen molar-refractivity contribution in [2.75, 3.05) is 5.32 Å². The summed E-state index contributed by atoms with van der Waals surface area (Å²) in [7, 11) is 0. The first-order valence-electron chi connectivity index (χ1n) is 11.2. The number of nitrogens with zero attached hydrogens (tertiary/aromatic N) is 1. The second-order valence-electron chi connectivity index (χ2n) is 9.10. The Morgan fingerprint density at radius 2 is 2.00 bits per heavy atom. The van der Waals surface area contributed by atoms with Gasteiger partial charge in [0, 0.05) is 35.0 Å². The zero-order chi connectivity index (χ0) is 22.9. The van der Waals surface area contributed by atoms with Crippen molar-refractivity contribution >= 4 is 22.4 Å². The van der Waals surface area contributed by atoms with Gasteiger partial charge in [0.1, 0.15) is 11.4 Å². The van der Waals surface area contributed by atoms with Crippen molar-refractivity contribution in [2.45, 2.75) is 65.1 Å². The van der Waals surface area contributed by atoms with Crippen LogP contribution in [0.15, 0.2) is 47.8 Å². The molecular weight excluding hydrogens is 418 g/mol. The lowest BCUT2D eigenvalue weighted by molar-refractivity contribution is 0.0640. The summed E-state index contributed by atoms with van der Waals surface area (Å²) in [5.74, 6) is 0.669.